The van der Waals surface area contributed by atoms with E-state index in [1.807, 2.05) is 0 Å². The Hall–Kier alpha value is -1.59. The summed E-state index contributed by atoms with van der Waals surface area (Å²) in [4.78, 5) is 34.1. The van der Waals surface area contributed by atoms with Gasteiger partial charge in [0.15, 0.2) is 0 Å². The highest BCUT2D eigenvalue weighted by molar-refractivity contribution is 5.77. The molecule has 0 aromatic heterocycles. The first kappa shape index (κ1) is 12.4. The van der Waals surface area contributed by atoms with Crippen molar-refractivity contribution >= 4 is 17.9 Å². The Bertz CT molecular complexity index is 444. The summed E-state index contributed by atoms with van der Waals surface area (Å²) in [5.41, 5.74) is 0. The summed E-state index contributed by atoms with van der Waals surface area (Å²) < 4.78 is 15.7. The van der Waals surface area contributed by atoms with Crippen molar-refractivity contribution in [3.63, 3.8) is 0 Å². The summed E-state index contributed by atoms with van der Waals surface area (Å²) in [7, 11) is 0. The van der Waals surface area contributed by atoms with Gasteiger partial charge in [-0.25, -0.2) is 0 Å². The van der Waals surface area contributed by atoms with Crippen LogP contribution in [0, 0.1) is 23.7 Å². The van der Waals surface area contributed by atoms with Gasteiger partial charge < -0.3 is 14.2 Å². The number of rotatable bonds is 2. The van der Waals surface area contributed by atoms with Crippen molar-refractivity contribution in [1.82, 2.24) is 0 Å². The average Bonchev–Trinajstić information content (AvgIpc) is 2.89. The number of hydrogen-bond donors (Lipinski definition) is 0. The smallest absolute Gasteiger partial charge is 0.309 e. The van der Waals surface area contributed by atoms with Crippen molar-refractivity contribution < 1.29 is 28.6 Å². The zero-order valence-corrected chi connectivity index (χ0v) is 10.8. The second kappa shape index (κ2) is 4.21. The summed E-state index contributed by atoms with van der Waals surface area (Å²) in [6.07, 6.45) is -0.0364. The van der Waals surface area contributed by atoms with Crippen molar-refractivity contribution in [3.05, 3.63) is 0 Å². The van der Waals surface area contributed by atoms with E-state index in [9.17, 15) is 14.4 Å². The largest absolute Gasteiger partial charge is 0.465 e. The molecule has 0 radical (unpaired) electrons. The molecule has 104 valence electrons. The van der Waals surface area contributed by atoms with E-state index in [2.05, 4.69) is 0 Å². The molecule has 2 bridgehead atoms. The first-order chi connectivity index (χ1) is 8.99. The first-order valence-electron chi connectivity index (χ1n) is 6.50. The van der Waals surface area contributed by atoms with Crippen molar-refractivity contribution in [2.24, 2.45) is 23.7 Å². The zero-order valence-electron chi connectivity index (χ0n) is 10.8. The molecule has 0 aromatic carbocycles. The molecule has 3 fully saturated rings. The van der Waals surface area contributed by atoms with Crippen molar-refractivity contribution in [1.29, 1.82) is 0 Å². The van der Waals surface area contributed by atoms with Crippen LogP contribution in [-0.4, -0.2) is 36.7 Å². The van der Waals surface area contributed by atoms with Crippen molar-refractivity contribution in [2.45, 2.75) is 32.5 Å². The van der Waals surface area contributed by atoms with E-state index >= 15 is 0 Å². The lowest BCUT2D eigenvalue weighted by molar-refractivity contribution is -0.155. The highest BCUT2D eigenvalue weighted by atomic mass is 16.6. The molecular weight excluding hydrogens is 252 g/mol. The van der Waals surface area contributed by atoms with Crippen LogP contribution in [0.1, 0.15) is 20.3 Å². The third-order valence-corrected chi connectivity index (χ3v) is 4.46. The number of carbonyl (C=O) groups is 3. The highest BCUT2D eigenvalue weighted by Gasteiger charge is 2.66. The number of hydrogen-bond acceptors (Lipinski definition) is 6. The minimum Gasteiger partial charge on any atom is -0.465 e. The van der Waals surface area contributed by atoms with Gasteiger partial charge in [0.1, 0.15) is 12.2 Å². The summed E-state index contributed by atoms with van der Waals surface area (Å²) in [6.45, 7) is 3.05. The van der Waals surface area contributed by atoms with Gasteiger partial charge in [-0.1, -0.05) is 0 Å². The fourth-order valence-corrected chi connectivity index (χ4v) is 4.02. The maximum Gasteiger partial charge on any atom is 0.309 e. The Morgan fingerprint density at radius 1 is 1.16 bits per heavy atom. The summed E-state index contributed by atoms with van der Waals surface area (Å²) >= 11 is 0. The van der Waals surface area contributed by atoms with Gasteiger partial charge in [0.2, 0.25) is 0 Å². The van der Waals surface area contributed by atoms with Crippen LogP contribution in [0.5, 0.6) is 0 Å². The van der Waals surface area contributed by atoms with E-state index in [1.54, 1.807) is 0 Å². The van der Waals surface area contributed by atoms with Crippen LogP contribution in [0.2, 0.25) is 0 Å². The minimum absolute atomic E-state index is 0.0000463. The van der Waals surface area contributed by atoms with Crippen LogP contribution < -0.4 is 0 Å². The second-order valence-corrected chi connectivity index (χ2v) is 5.52. The van der Waals surface area contributed by atoms with Gasteiger partial charge >= 0.3 is 17.9 Å². The zero-order chi connectivity index (χ0) is 13.7. The molecule has 1 aliphatic heterocycles. The number of esters is 3. The molecule has 0 amide bonds. The lowest BCUT2D eigenvalue weighted by Crippen LogP contribution is -2.35. The Labute approximate surface area is 110 Å². The van der Waals surface area contributed by atoms with Gasteiger partial charge in [-0.15, -0.1) is 0 Å². The predicted molar refractivity (Wildman–Crippen MR) is 60.6 cm³/mol. The highest BCUT2D eigenvalue weighted by Crippen LogP contribution is 2.57. The van der Waals surface area contributed by atoms with E-state index in [1.165, 1.54) is 13.8 Å². The molecule has 6 atom stereocenters. The van der Waals surface area contributed by atoms with Crippen LogP contribution in [0.4, 0.5) is 0 Å². The topological polar surface area (TPSA) is 78.9 Å². The molecule has 3 aliphatic rings. The normalized spacial score (nSPS) is 42.7. The van der Waals surface area contributed by atoms with Crippen LogP contribution in [0.15, 0.2) is 0 Å². The molecule has 2 saturated carbocycles. The summed E-state index contributed by atoms with van der Waals surface area (Å²) in [5.74, 6) is -1.33. The monoisotopic (exact) mass is 268 g/mol. The molecule has 6 heteroatoms. The van der Waals surface area contributed by atoms with Gasteiger partial charge in [0.25, 0.3) is 0 Å². The molecule has 0 unspecified atom stereocenters. The van der Waals surface area contributed by atoms with E-state index in [0.717, 1.165) is 0 Å². The van der Waals surface area contributed by atoms with Crippen molar-refractivity contribution in [3.8, 4) is 0 Å². The number of carbonyl (C=O) groups excluding carboxylic acids is 3. The lowest BCUT2D eigenvalue weighted by atomic mass is 9.80. The molecule has 6 nitrogen and oxygen atoms in total. The van der Waals surface area contributed by atoms with Crippen LogP contribution in [0.3, 0.4) is 0 Å². The Morgan fingerprint density at radius 2 is 1.84 bits per heavy atom. The van der Waals surface area contributed by atoms with E-state index < -0.39 is 0 Å². The first-order valence-corrected chi connectivity index (χ1v) is 6.50. The average molecular weight is 268 g/mol. The fraction of sp³-hybridized carbons (Fsp3) is 0.769. The Morgan fingerprint density at radius 3 is 2.47 bits per heavy atom. The third kappa shape index (κ3) is 1.81. The van der Waals surface area contributed by atoms with Gasteiger partial charge in [0.05, 0.1) is 12.5 Å². The van der Waals surface area contributed by atoms with Crippen LogP contribution in [0.25, 0.3) is 0 Å². The van der Waals surface area contributed by atoms with Crippen molar-refractivity contribution in [2.75, 3.05) is 6.61 Å². The van der Waals surface area contributed by atoms with E-state index in [-0.39, 0.29) is 53.8 Å². The quantitative estimate of drug-likeness (QED) is 0.529. The maximum absolute atomic E-state index is 11.7. The van der Waals surface area contributed by atoms with Crippen LogP contribution in [-0.2, 0) is 28.6 Å². The maximum atomic E-state index is 11.7. The van der Waals surface area contributed by atoms with Gasteiger partial charge in [-0.05, 0) is 6.42 Å². The Kier molecular flexibility index (Phi) is 2.76. The minimum atomic E-state index is -0.364. The molecule has 2 aliphatic carbocycles. The van der Waals surface area contributed by atoms with E-state index in [4.69, 9.17) is 14.2 Å². The molecule has 19 heavy (non-hydrogen) atoms. The second-order valence-electron chi connectivity index (χ2n) is 5.52. The SMILES string of the molecule is CC(=O)O[C@@H]1[C@@H]2C[C@@H](OC(C)=O)[C@H]1[C@H]1COC(=O)[C@H]21. The number of cyclic esters (lactones) is 1. The fourth-order valence-electron chi connectivity index (χ4n) is 4.02. The Balaban J connectivity index is 1.85. The predicted octanol–water partition coefficient (Wildman–Crippen LogP) is 0.289. The molecule has 1 heterocycles. The third-order valence-electron chi connectivity index (χ3n) is 4.46. The summed E-state index contributed by atoms with van der Waals surface area (Å²) in [5, 5.41) is 0. The molecule has 0 aromatic rings. The molecule has 0 N–H and O–H groups in total. The van der Waals surface area contributed by atoms with Gasteiger partial charge in [0, 0.05) is 31.6 Å². The summed E-state index contributed by atoms with van der Waals surface area (Å²) in [6, 6.07) is 0. The molecule has 3 rings (SSSR count). The molecular formula is C13H16O6. The molecule has 0 spiro atoms. The number of fused-ring (bicyclic) bond motifs is 5. The van der Waals surface area contributed by atoms with Gasteiger partial charge in [-0.3, -0.25) is 14.4 Å². The number of ether oxygens (including phenoxy) is 3. The van der Waals surface area contributed by atoms with Gasteiger partial charge in [-0.2, -0.15) is 0 Å². The van der Waals surface area contributed by atoms with E-state index in [0.29, 0.717) is 13.0 Å². The molecule has 1 saturated heterocycles. The van der Waals surface area contributed by atoms with Crippen LogP contribution >= 0.6 is 0 Å². The standard InChI is InChI=1S/C13H16O6/c1-5(14)18-9-3-7-10-8(4-17-13(10)16)11(9)12(7)19-6(2)15/h7-12H,3-4H2,1-2H3/t7-,8+,9-,10-,11-,12-/m1/s1. The lowest BCUT2D eigenvalue weighted by Gasteiger charge is -2.27.